The lowest BCUT2D eigenvalue weighted by atomic mass is 9.74. The Morgan fingerprint density at radius 3 is 2.53 bits per heavy atom. The van der Waals surface area contributed by atoms with Crippen LogP contribution < -0.4 is 0 Å². The smallest absolute Gasteiger partial charge is 0.0151 e. The third kappa shape index (κ3) is 2.26. The van der Waals surface area contributed by atoms with Crippen LogP contribution in [-0.4, -0.2) is 0 Å². The molecule has 0 saturated carbocycles. The highest BCUT2D eigenvalue weighted by atomic mass is 14.3. The average molecular weight is 224 g/mol. The molecular formula is C17H20. The van der Waals surface area contributed by atoms with Crippen molar-refractivity contribution in [3.8, 4) is 0 Å². The van der Waals surface area contributed by atoms with Crippen molar-refractivity contribution >= 4 is 0 Å². The number of allylic oxidation sites excluding steroid dienone is 5. The second-order valence-corrected chi connectivity index (χ2v) is 5.00. The van der Waals surface area contributed by atoms with Gasteiger partial charge in [0.25, 0.3) is 0 Å². The van der Waals surface area contributed by atoms with Gasteiger partial charge in [0.15, 0.2) is 0 Å². The molecule has 2 rings (SSSR count). The summed E-state index contributed by atoms with van der Waals surface area (Å²) >= 11 is 0. The number of hydrogen-bond donors (Lipinski definition) is 0. The summed E-state index contributed by atoms with van der Waals surface area (Å²) in [6.45, 7) is 10.7. The van der Waals surface area contributed by atoms with Gasteiger partial charge in [-0.2, -0.15) is 0 Å². The zero-order valence-corrected chi connectivity index (χ0v) is 10.9. The van der Waals surface area contributed by atoms with Gasteiger partial charge in [-0.15, -0.1) is 0 Å². The number of benzene rings is 1. The molecule has 0 aliphatic heterocycles. The average Bonchev–Trinajstić information content (AvgIpc) is 2.30. The molecule has 17 heavy (non-hydrogen) atoms. The zero-order valence-electron chi connectivity index (χ0n) is 10.9. The Hall–Kier alpha value is -1.56. The van der Waals surface area contributed by atoms with E-state index in [1.807, 2.05) is 0 Å². The Morgan fingerprint density at radius 2 is 1.88 bits per heavy atom. The molecular weight excluding hydrogens is 204 g/mol. The van der Waals surface area contributed by atoms with Crippen molar-refractivity contribution in [1.82, 2.24) is 0 Å². The van der Waals surface area contributed by atoms with E-state index < -0.39 is 0 Å². The van der Waals surface area contributed by atoms with E-state index in [2.05, 4.69) is 69.8 Å². The summed E-state index contributed by atoms with van der Waals surface area (Å²) in [4.78, 5) is 0. The Bertz CT molecular complexity index is 489. The Labute approximate surface area is 104 Å². The molecule has 88 valence electrons. The van der Waals surface area contributed by atoms with Gasteiger partial charge in [0.2, 0.25) is 0 Å². The normalized spacial score (nSPS) is 23.4. The SMILES string of the molecule is C=C(C)C1C=CC=C(C)C1c1ccccc1C. The van der Waals surface area contributed by atoms with Crippen LogP contribution in [0.1, 0.15) is 30.9 Å². The van der Waals surface area contributed by atoms with Crippen LogP contribution in [-0.2, 0) is 0 Å². The van der Waals surface area contributed by atoms with Crippen molar-refractivity contribution in [3.05, 3.63) is 71.3 Å². The first-order valence-corrected chi connectivity index (χ1v) is 6.17. The number of hydrogen-bond acceptors (Lipinski definition) is 0. The van der Waals surface area contributed by atoms with Gasteiger partial charge in [-0.1, -0.05) is 60.2 Å². The van der Waals surface area contributed by atoms with E-state index in [1.54, 1.807) is 0 Å². The highest BCUT2D eigenvalue weighted by Crippen LogP contribution is 2.39. The van der Waals surface area contributed by atoms with E-state index in [9.17, 15) is 0 Å². The summed E-state index contributed by atoms with van der Waals surface area (Å²) in [5.41, 5.74) is 5.46. The predicted molar refractivity (Wildman–Crippen MR) is 75.1 cm³/mol. The van der Waals surface area contributed by atoms with Gasteiger partial charge < -0.3 is 0 Å². The zero-order chi connectivity index (χ0) is 12.4. The maximum Gasteiger partial charge on any atom is 0.0151 e. The van der Waals surface area contributed by atoms with Crippen LogP contribution in [0.15, 0.2) is 60.2 Å². The molecule has 1 aliphatic carbocycles. The molecule has 0 bridgehead atoms. The highest BCUT2D eigenvalue weighted by molar-refractivity contribution is 5.42. The van der Waals surface area contributed by atoms with Gasteiger partial charge in [0.1, 0.15) is 0 Å². The fourth-order valence-corrected chi connectivity index (χ4v) is 2.65. The summed E-state index contributed by atoms with van der Waals surface area (Å²) in [7, 11) is 0. The van der Waals surface area contributed by atoms with Crippen LogP contribution in [0.5, 0.6) is 0 Å². The Kier molecular flexibility index (Phi) is 3.33. The maximum absolute atomic E-state index is 4.14. The van der Waals surface area contributed by atoms with Crippen LogP contribution in [0.25, 0.3) is 0 Å². The first-order valence-electron chi connectivity index (χ1n) is 6.17. The van der Waals surface area contributed by atoms with E-state index in [-0.39, 0.29) is 0 Å². The molecule has 2 unspecified atom stereocenters. The lowest BCUT2D eigenvalue weighted by Gasteiger charge is -2.30. The topological polar surface area (TPSA) is 0 Å². The minimum atomic E-state index is 0.432. The summed E-state index contributed by atoms with van der Waals surface area (Å²) in [5, 5.41) is 0. The molecule has 0 amide bonds. The van der Waals surface area contributed by atoms with Gasteiger partial charge in [0, 0.05) is 11.8 Å². The molecule has 0 fully saturated rings. The van der Waals surface area contributed by atoms with Crippen molar-refractivity contribution in [2.45, 2.75) is 26.7 Å². The summed E-state index contributed by atoms with van der Waals surface area (Å²) in [6, 6.07) is 8.67. The van der Waals surface area contributed by atoms with Crippen LogP contribution in [0.4, 0.5) is 0 Å². The lowest BCUT2D eigenvalue weighted by Crippen LogP contribution is -2.16. The predicted octanol–water partition coefficient (Wildman–Crippen LogP) is 4.79. The van der Waals surface area contributed by atoms with Gasteiger partial charge in [0.05, 0.1) is 0 Å². The van der Waals surface area contributed by atoms with Crippen molar-refractivity contribution in [2.24, 2.45) is 5.92 Å². The van der Waals surface area contributed by atoms with E-state index in [0.717, 1.165) is 0 Å². The minimum absolute atomic E-state index is 0.432. The largest absolute Gasteiger partial charge is 0.0995 e. The lowest BCUT2D eigenvalue weighted by molar-refractivity contribution is 0.629. The summed E-state index contributed by atoms with van der Waals surface area (Å²) in [5.74, 6) is 0.889. The standard InChI is InChI=1S/C17H20/c1-12(2)15-11-7-9-14(4)17(15)16-10-6-5-8-13(16)3/h5-11,15,17H,1H2,2-4H3. The molecule has 1 aromatic carbocycles. The molecule has 0 heteroatoms. The fraction of sp³-hybridized carbons (Fsp3) is 0.294. The van der Waals surface area contributed by atoms with Gasteiger partial charge in [-0.05, 0) is 31.9 Å². The van der Waals surface area contributed by atoms with Crippen LogP contribution in [0.2, 0.25) is 0 Å². The van der Waals surface area contributed by atoms with E-state index >= 15 is 0 Å². The Balaban J connectivity index is 2.48. The highest BCUT2D eigenvalue weighted by Gasteiger charge is 2.25. The van der Waals surface area contributed by atoms with Gasteiger partial charge in [-0.3, -0.25) is 0 Å². The maximum atomic E-state index is 4.14. The second-order valence-electron chi connectivity index (χ2n) is 5.00. The summed E-state index contributed by atoms with van der Waals surface area (Å²) < 4.78 is 0. The second kappa shape index (κ2) is 4.75. The molecule has 0 radical (unpaired) electrons. The van der Waals surface area contributed by atoms with Crippen LogP contribution in [0.3, 0.4) is 0 Å². The van der Waals surface area contributed by atoms with Crippen LogP contribution >= 0.6 is 0 Å². The molecule has 0 nitrogen and oxygen atoms in total. The summed E-state index contributed by atoms with van der Waals surface area (Å²) in [6.07, 6.45) is 6.65. The minimum Gasteiger partial charge on any atom is -0.0995 e. The fourth-order valence-electron chi connectivity index (χ4n) is 2.65. The quantitative estimate of drug-likeness (QED) is 0.634. The molecule has 1 aromatic rings. The van der Waals surface area contributed by atoms with E-state index in [0.29, 0.717) is 11.8 Å². The van der Waals surface area contributed by atoms with Crippen molar-refractivity contribution in [3.63, 3.8) is 0 Å². The first-order chi connectivity index (χ1) is 8.11. The van der Waals surface area contributed by atoms with Crippen LogP contribution in [0, 0.1) is 12.8 Å². The van der Waals surface area contributed by atoms with E-state index in [4.69, 9.17) is 0 Å². The van der Waals surface area contributed by atoms with E-state index in [1.165, 1.54) is 22.3 Å². The van der Waals surface area contributed by atoms with Crippen molar-refractivity contribution < 1.29 is 0 Å². The Morgan fingerprint density at radius 1 is 1.18 bits per heavy atom. The van der Waals surface area contributed by atoms with Gasteiger partial charge >= 0.3 is 0 Å². The number of aryl methyl sites for hydroxylation is 1. The molecule has 0 N–H and O–H groups in total. The third-order valence-corrected chi connectivity index (χ3v) is 3.62. The molecule has 0 aromatic heterocycles. The molecule has 1 aliphatic rings. The van der Waals surface area contributed by atoms with Crippen molar-refractivity contribution in [2.75, 3.05) is 0 Å². The van der Waals surface area contributed by atoms with Gasteiger partial charge in [-0.25, -0.2) is 0 Å². The molecule has 2 atom stereocenters. The van der Waals surface area contributed by atoms with Crippen molar-refractivity contribution in [1.29, 1.82) is 0 Å². The third-order valence-electron chi connectivity index (χ3n) is 3.62. The molecule has 0 saturated heterocycles. The monoisotopic (exact) mass is 224 g/mol. The molecule has 0 heterocycles. The molecule has 0 spiro atoms. The first kappa shape index (κ1) is 11.9. The number of rotatable bonds is 2.